The Morgan fingerprint density at radius 1 is 1.38 bits per heavy atom. The van der Waals surface area contributed by atoms with Crippen LogP contribution in [0.1, 0.15) is 11.3 Å². The van der Waals surface area contributed by atoms with Gasteiger partial charge in [-0.25, -0.2) is 4.99 Å². The summed E-state index contributed by atoms with van der Waals surface area (Å²) in [5, 5.41) is 2.98. The molecular weight excluding hydrogens is 348 g/mol. The molecule has 2 heterocycles. The molecule has 3 rings (SSSR count). The minimum atomic E-state index is 0.256. The number of ether oxygens (including phenoxy) is 1. The molecule has 134 valence electrons. The first kappa shape index (κ1) is 18.0. The molecule has 0 fully saturated rings. The lowest BCUT2D eigenvalue weighted by atomic mass is 10.1. The predicted molar refractivity (Wildman–Crippen MR) is 109 cm³/mol. The fourth-order valence-corrected chi connectivity index (χ4v) is 3.59. The van der Waals surface area contributed by atoms with E-state index in [0.717, 1.165) is 33.1 Å². The predicted octanol–water partition coefficient (Wildman–Crippen LogP) is 4.26. The highest BCUT2D eigenvalue weighted by molar-refractivity contribution is 6.32. The molecule has 6 heteroatoms. The number of fused-ring (bicyclic) bond motifs is 3. The topological polar surface area (TPSA) is 65.4 Å². The Labute approximate surface area is 157 Å². The first-order valence-electron chi connectivity index (χ1n) is 8.17. The molecule has 0 unspecified atom stereocenters. The van der Waals surface area contributed by atoms with Crippen LogP contribution in [-0.2, 0) is 18.2 Å². The van der Waals surface area contributed by atoms with E-state index in [-0.39, 0.29) is 5.82 Å². The van der Waals surface area contributed by atoms with E-state index < -0.39 is 0 Å². The Morgan fingerprint density at radius 3 is 2.85 bits per heavy atom. The highest BCUT2D eigenvalue weighted by Gasteiger charge is 2.14. The lowest BCUT2D eigenvalue weighted by molar-refractivity contribution is 0.301. The number of hydrogen-bond donors (Lipinski definition) is 1. The molecule has 2 N–H and O–H groups in total. The zero-order valence-electron chi connectivity index (χ0n) is 15.1. The van der Waals surface area contributed by atoms with Gasteiger partial charge in [0.25, 0.3) is 0 Å². The highest BCUT2D eigenvalue weighted by Crippen LogP contribution is 2.34. The van der Waals surface area contributed by atoms with E-state index in [1.807, 2.05) is 37.4 Å². The maximum absolute atomic E-state index is 6.39. The number of aromatic nitrogens is 2. The number of benzene rings is 1. The summed E-state index contributed by atoms with van der Waals surface area (Å²) >= 11 is 6.39. The minimum absolute atomic E-state index is 0.256. The SMILES string of the molecule is C=N/C(N)=C(\C=C/Cc1cc(Cl)cc2c3ccnc(C)c3n(C)c12)OC. The van der Waals surface area contributed by atoms with Gasteiger partial charge in [0, 0.05) is 29.0 Å². The Balaban J connectivity index is 2.14. The Hall–Kier alpha value is -2.79. The second-order valence-corrected chi connectivity index (χ2v) is 6.47. The van der Waals surface area contributed by atoms with Gasteiger partial charge in [-0.2, -0.15) is 0 Å². The molecule has 0 saturated carbocycles. The van der Waals surface area contributed by atoms with Gasteiger partial charge in [0.15, 0.2) is 11.6 Å². The summed E-state index contributed by atoms with van der Waals surface area (Å²) in [4.78, 5) is 8.12. The molecule has 0 saturated heterocycles. The molecule has 26 heavy (non-hydrogen) atoms. The monoisotopic (exact) mass is 368 g/mol. The van der Waals surface area contributed by atoms with Crippen LogP contribution in [0.25, 0.3) is 21.8 Å². The third kappa shape index (κ3) is 3.06. The number of nitrogens with zero attached hydrogens (tertiary/aromatic N) is 3. The maximum atomic E-state index is 6.39. The number of pyridine rings is 1. The molecule has 0 aliphatic heterocycles. The van der Waals surface area contributed by atoms with Gasteiger partial charge in [-0.1, -0.05) is 17.7 Å². The zero-order valence-corrected chi connectivity index (χ0v) is 15.8. The normalized spacial score (nSPS) is 12.8. The number of allylic oxidation sites excluding steroid dienone is 2. The van der Waals surface area contributed by atoms with Crippen LogP contribution in [-0.4, -0.2) is 23.4 Å². The summed E-state index contributed by atoms with van der Waals surface area (Å²) < 4.78 is 7.41. The molecule has 0 bridgehead atoms. The second-order valence-electron chi connectivity index (χ2n) is 6.03. The van der Waals surface area contributed by atoms with Crippen LogP contribution in [0.3, 0.4) is 0 Å². The van der Waals surface area contributed by atoms with Crippen LogP contribution in [0.15, 0.2) is 53.1 Å². The largest absolute Gasteiger partial charge is 0.493 e. The van der Waals surface area contributed by atoms with Crippen molar-refractivity contribution in [1.29, 1.82) is 0 Å². The Kier molecular flexibility index (Phi) is 5.00. The maximum Gasteiger partial charge on any atom is 0.165 e. The lowest BCUT2D eigenvalue weighted by Gasteiger charge is -2.07. The molecule has 0 spiro atoms. The molecule has 0 aliphatic carbocycles. The summed E-state index contributed by atoms with van der Waals surface area (Å²) in [7, 11) is 3.61. The summed E-state index contributed by atoms with van der Waals surface area (Å²) in [6, 6.07) is 6.02. The van der Waals surface area contributed by atoms with Gasteiger partial charge in [0.05, 0.1) is 23.8 Å². The van der Waals surface area contributed by atoms with Gasteiger partial charge < -0.3 is 15.0 Å². The summed E-state index contributed by atoms with van der Waals surface area (Å²) in [5.74, 6) is 0.738. The number of methoxy groups -OCH3 is 1. The van der Waals surface area contributed by atoms with Crippen molar-refractivity contribution in [3.05, 3.63) is 64.4 Å². The highest BCUT2D eigenvalue weighted by atomic mass is 35.5. The quantitative estimate of drug-likeness (QED) is 0.415. The number of hydrogen-bond acceptors (Lipinski definition) is 4. The second kappa shape index (κ2) is 7.22. The van der Waals surface area contributed by atoms with E-state index >= 15 is 0 Å². The molecule has 0 radical (unpaired) electrons. The third-order valence-electron chi connectivity index (χ3n) is 4.47. The summed E-state index contributed by atoms with van der Waals surface area (Å²) in [5.41, 5.74) is 10.1. The van der Waals surface area contributed by atoms with Crippen molar-refractivity contribution in [1.82, 2.24) is 9.55 Å². The number of aryl methyl sites for hydroxylation is 2. The van der Waals surface area contributed by atoms with Crippen molar-refractivity contribution in [2.45, 2.75) is 13.3 Å². The summed E-state index contributed by atoms with van der Waals surface area (Å²) in [6.45, 7) is 5.44. The van der Waals surface area contributed by atoms with Gasteiger partial charge in [-0.15, -0.1) is 0 Å². The van der Waals surface area contributed by atoms with Crippen molar-refractivity contribution in [2.75, 3.05) is 7.11 Å². The standard InChI is InChI=1S/C20H21ClN4O/c1-12-18-15(8-9-24-12)16-11-14(21)10-13(19(16)25(18)3)6-5-7-17(26-4)20(22)23-2/h5,7-11H,2,6,22H2,1,3-4H3/b7-5-,20-17+. The van der Waals surface area contributed by atoms with Crippen molar-refractivity contribution in [3.63, 3.8) is 0 Å². The molecule has 0 aliphatic rings. The van der Waals surface area contributed by atoms with Gasteiger partial charge in [-0.05, 0) is 49.9 Å². The van der Waals surface area contributed by atoms with Crippen LogP contribution in [0.4, 0.5) is 0 Å². The lowest BCUT2D eigenvalue weighted by Crippen LogP contribution is -1.99. The molecule has 2 aromatic heterocycles. The van der Waals surface area contributed by atoms with Crippen LogP contribution >= 0.6 is 11.6 Å². The van der Waals surface area contributed by atoms with E-state index in [2.05, 4.69) is 28.3 Å². The van der Waals surface area contributed by atoms with Crippen molar-refractivity contribution in [2.24, 2.45) is 17.8 Å². The molecule has 1 aromatic carbocycles. The fourth-order valence-electron chi connectivity index (χ4n) is 3.35. The smallest absolute Gasteiger partial charge is 0.165 e. The third-order valence-corrected chi connectivity index (χ3v) is 4.69. The van der Waals surface area contributed by atoms with E-state index in [4.69, 9.17) is 22.1 Å². The minimum Gasteiger partial charge on any atom is -0.493 e. The van der Waals surface area contributed by atoms with Crippen LogP contribution in [0.5, 0.6) is 0 Å². The number of rotatable bonds is 5. The number of aliphatic imine (C=N–C) groups is 1. The van der Waals surface area contributed by atoms with Gasteiger partial charge in [-0.3, -0.25) is 4.98 Å². The molecular formula is C20H21ClN4O. The van der Waals surface area contributed by atoms with Gasteiger partial charge in [0.2, 0.25) is 0 Å². The average Bonchev–Trinajstić information content (AvgIpc) is 2.91. The Morgan fingerprint density at radius 2 is 2.15 bits per heavy atom. The molecule has 3 aromatic rings. The van der Waals surface area contributed by atoms with E-state index in [1.165, 1.54) is 0 Å². The van der Waals surface area contributed by atoms with Gasteiger partial charge >= 0.3 is 0 Å². The van der Waals surface area contributed by atoms with Gasteiger partial charge in [0.1, 0.15) is 0 Å². The first-order chi connectivity index (χ1) is 12.5. The number of nitrogens with two attached hydrogens (primary N) is 1. The van der Waals surface area contributed by atoms with Crippen molar-refractivity contribution >= 4 is 40.1 Å². The van der Waals surface area contributed by atoms with Crippen LogP contribution in [0, 0.1) is 6.92 Å². The molecule has 0 atom stereocenters. The zero-order chi connectivity index (χ0) is 18.8. The first-order valence-corrected chi connectivity index (χ1v) is 8.54. The van der Waals surface area contributed by atoms with E-state index in [1.54, 1.807) is 13.2 Å². The average molecular weight is 369 g/mol. The summed E-state index contributed by atoms with van der Waals surface area (Å²) in [6.07, 6.45) is 6.28. The molecule has 0 amide bonds. The van der Waals surface area contributed by atoms with Crippen molar-refractivity contribution < 1.29 is 4.74 Å². The van der Waals surface area contributed by atoms with Crippen molar-refractivity contribution in [3.8, 4) is 0 Å². The molecule has 5 nitrogen and oxygen atoms in total. The fraction of sp³-hybridized carbons (Fsp3) is 0.200. The van der Waals surface area contributed by atoms with E-state index in [0.29, 0.717) is 17.2 Å². The van der Waals surface area contributed by atoms with E-state index in [9.17, 15) is 0 Å². The van der Waals surface area contributed by atoms with Crippen LogP contribution in [0.2, 0.25) is 5.02 Å². The Bertz CT molecular complexity index is 1060. The number of halogens is 1. The van der Waals surface area contributed by atoms with Crippen LogP contribution < -0.4 is 5.73 Å².